The van der Waals surface area contributed by atoms with Gasteiger partial charge in [-0.25, -0.2) is 13.2 Å². The summed E-state index contributed by atoms with van der Waals surface area (Å²) >= 11 is 0. The lowest BCUT2D eigenvalue weighted by Gasteiger charge is -2.32. The summed E-state index contributed by atoms with van der Waals surface area (Å²) in [5, 5.41) is 11.2. The molecule has 3 atom stereocenters. The molecule has 0 fully saturated rings. The van der Waals surface area contributed by atoms with Crippen LogP contribution in [0.3, 0.4) is 0 Å². The van der Waals surface area contributed by atoms with Gasteiger partial charge in [-0.2, -0.15) is 4.72 Å². The van der Waals surface area contributed by atoms with Crippen molar-refractivity contribution in [3.05, 3.63) is 106 Å². The van der Waals surface area contributed by atoms with Gasteiger partial charge in [0, 0.05) is 33.5 Å². The van der Waals surface area contributed by atoms with Crippen molar-refractivity contribution < 1.29 is 41.2 Å². The molecule has 0 spiro atoms. The summed E-state index contributed by atoms with van der Waals surface area (Å²) in [5.74, 6) is -2.88. The molecule has 0 aliphatic rings. The summed E-state index contributed by atoms with van der Waals surface area (Å²) in [4.78, 5) is 23.8. The quantitative estimate of drug-likeness (QED) is 0.128. The number of nitro benzene ring substituents is 1. The minimum absolute atomic E-state index is 0.0853. The molecule has 0 bridgehead atoms. The minimum Gasteiger partial charge on any atom is -0.445 e. The molecule has 12 nitrogen and oxygen atoms in total. The molecule has 3 aromatic rings. The SMILES string of the molecule is CO[C@H](C(=O)O[C@H]([C@@H](NS(=O)(=O)c1ccc(C)cc1)c1ccc([N+](=O)[O-])cc1)P(=O)(OC)OC)c1ccccc1. The van der Waals surface area contributed by atoms with E-state index < -0.39 is 46.5 Å². The molecule has 214 valence electrons. The van der Waals surface area contributed by atoms with Crippen molar-refractivity contribution in [2.45, 2.75) is 29.8 Å². The molecule has 0 heterocycles. The Morgan fingerprint density at radius 3 is 1.98 bits per heavy atom. The second-order valence-electron chi connectivity index (χ2n) is 8.52. The lowest BCUT2D eigenvalue weighted by atomic mass is 10.1. The number of nitrogens with zero attached hydrogens (tertiary/aromatic N) is 1. The summed E-state index contributed by atoms with van der Waals surface area (Å²) in [6.45, 7) is 1.78. The number of rotatable bonds is 13. The van der Waals surface area contributed by atoms with Gasteiger partial charge in [-0.05, 0) is 30.2 Å². The monoisotopic (exact) mass is 592 g/mol. The van der Waals surface area contributed by atoms with Crippen LogP contribution in [0.4, 0.5) is 5.69 Å². The van der Waals surface area contributed by atoms with Crippen LogP contribution >= 0.6 is 7.60 Å². The highest BCUT2D eigenvalue weighted by Gasteiger charge is 2.47. The molecular weight excluding hydrogens is 563 g/mol. The van der Waals surface area contributed by atoms with E-state index in [4.69, 9.17) is 18.5 Å². The molecule has 0 saturated carbocycles. The highest BCUT2D eigenvalue weighted by atomic mass is 32.2. The van der Waals surface area contributed by atoms with E-state index in [1.54, 1.807) is 49.4 Å². The highest BCUT2D eigenvalue weighted by Crippen LogP contribution is 2.56. The third kappa shape index (κ3) is 7.19. The molecule has 0 radical (unpaired) electrons. The third-order valence-electron chi connectivity index (χ3n) is 5.97. The van der Waals surface area contributed by atoms with Crippen LogP contribution in [0, 0.1) is 17.0 Å². The van der Waals surface area contributed by atoms with Gasteiger partial charge in [0.1, 0.15) is 0 Å². The number of carbonyl (C=O) groups excluding carboxylic acids is 1. The molecule has 1 N–H and O–H groups in total. The Kier molecular flexibility index (Phi) is 10.3. The van der Waals surface area contributed by atoms with E-state index >= 15 is 0 Å². The van der Waals surface area contributed by atoms with E-state index in [-0.39, 0.29) is 16.1 Å². The topological polar surface area (TPSA) is 160 Å². The Bertz CT molecular complexity index is 1460. The highest BCUT2D eigenvalue weighted by molar-refractivity contribution is 7.89. The molecule has 0 unspecified atom stereocenters. The fraction of sp³-hybridized carbons (Fsp3) is 0.269. The van der Waals surface area contributed by atoms with Gasteiger partial charge in [0.2, 0.25) is 15.9 Å². The Morgan fingerprint density at radius 1 is 0.900 bits per heavy atom. The van der Waals surface area contributed by atoms with E-state index in [0.717, 1.165) is 31.9 Å². The van der Waals surface area contributed by atoms with E-state index in [0.29, 0.717) is 5.56 Å². The van der Waals surface area contributed by atoms with Gasteiger partial charge in [0.15, 0.2) is 6.10 Å². The van der Waals surface area contributed by atoms with Crippen LogP contribution < -0.4 is 4.72 Å². The van der Waals surface area contributed by atoms with Crippen molar-refractivity contribution in [2.24, 2.45) is 0 Å². The number of nitro groups is 1. The first-order valence-corrected chi connectivity index (χ1v) is 14.9. The standard InChI is InChI=1S/C26H29N2O10PS/c1-18-10-16-22(17-11-18)40(33,34)27-23(19-12-14-21(15-13-19)28(30)31)26(39(32,36-3)37-4)38-25(29)24(35-2)20-8-6-5-7-9-20/h5-17,23-24,26-27H,1-4H3/t23-,24-,26-/m0/s1. The van der Waals surface area contributed by atoms with Gasteiger partial charge in [-0.3, -0.25) is 14.7 Å². The number of carbonyl (C=O) groups is 1. The summed E-state index contributed by atoms with van der Waals surface area (Å²) in [5.41, 5.74) is 1.04. The number of hydrogen-bond acceptors (Lipinski definition) is 10. The van der Waals surface area contributed by atoms with Crippen LogP contribution in [0.1, 0.15) is 28.8 Å². The second kappa shape index (κ2) is 13.3. The van der Waals surface area contributed by atoms with Crippen molar-refractivity contribution in [1.29, 1.82) is 0 Å². The number of sulfonamides is 1. The second-order valence-corrected chi connectivity index (χ2v) is 12.6. The Labute approximate surface area is 232 Å². The van der Waals surface area contributed by atoms with Gasteiger partial charge in [0.25, 0.3) is 5.69 Å². The molecule has 40 heavy (non-hydrogen) atoms. The van der Waals surface area contributed by atoms with E-state index in [1.807, 2.05) is 0 Å². The van der Waals surface area contributed by atoms with Crippen LogP contribution in [0.2, 0.25) is 0 Å². The van der Waals surface area contributed by atoms with E-state index in [9.17, 15) is 27.9 Å². The first kappa shape index (κ1) is 31.1. The number of non-ortho nitro benzene ring substituents is 1. The zero-order valence-corrected chi connectivity index (χ0v) is 23.8. The van der Waals surface area contributed by atoms with Gasteiger partial charge >= 0.3 is 13.6 Å². The molecular formula is C26H29N2O10PS. The van der Waals surface area contributed by atoms with Crippen LogP contribution in [0.25, 0.3) is 0 Å². The van der Waals surface area contributed by atoms with Crippen molar-refractivity contribution in [1.82, 2.24) is 4.72 Å². The van der Waals surface area contributed by atoms with Crippen molar-refractivity contribution in [2.75, 3.05) is 21.3 Å². The first-order chi connectivity index (χ1) is 19.0. The Hall–Kier alpha value is -3.45. The number of hydrogen-bond donors (Lipinski definition) is 1. The smallest absolute Gasteiger partial charge is 0.372 e. The lowest BCUT2D eigenvalue weighted by molar-refractivity contribution is -0.384. The number of ether oxygens (including phenoxy) is 2. The summed E-state index contributed by atoms with van der Waals surface area (Å²) < 4.78 is 64.4. The van der Waals surface area contributed by atoms with Crippen LogP contribution in [-0.2, 0) is 37.9 Å². The maximum atomic E-state index is 13.8. The lowest BCUT2D eigenvalue weighted by Crippen LogP contribution is -2.40. The molecule has 0 saturated heterocycles. The van der Waals surface area contributed by atoms with Crippen molar-refractivity contribution in [3.8, 4) is 0 Å². The summed E-state index contributed by atoms with van der Waals surface area (Å²) in [6, 6.07) is 17.4. The summed E-state index contributed by atoms with van der Waals surface area (Å²) in [6.07, 6.45) is -1.27. The van der Waals surface area contributed by atoms with Gasteiger partial charge in [0.05, 0.1) is 15.9 Å². The minimum atomic E-state index is -4.38. The molecule has 3 rings (SSSR count). The normalized spacial score (nSPS) is 14.2. The average molecular weight is 593 g/mol. The predicted octanol–water partition coefficient (Wildman–Crippen LogP) is 4.67. The van der Waals surface area contributed by atoms with Crippen molar-refractivity contribution in [3.63, 3.8) is 0 Å². The fourth-order valence-electron chi connectivity index (χ4n) is 3.82. The Morgan fingerprint density at radius 2 is 1.48 bits per heavy atom. The number of nitrogens with one attached hydrogen (secondary N) is 1. The Balaban J connectivity index is 2.14. The number of methoxy groups -OCH3 is 1. The molecule has 14 heteroatoms. The van der Waals surface area contributed by atoms with E-state index in [1.165, 1.54) is 31.4 Å². The largest absolute Gasteiger partial charge is 0.445 e. The first-order valence-electron chi connectivity index (χ1n) is 11.8. The van der Waals surface area contributed by atoms with E-state index in [2.05, 4.69) is 4.72 Å². The molecule has 0 aromatic heterocycles. The summed E-state index contributed by atoms with van der Waals surface area (Å²) in [7, 11) is -5.33. The average Bonchev–Trinajstić information content (AvgIpc) is 2.95. The maximum absolute atomic E-state index is 13.8. The van der Waals surface area contributed by atoms with Crippen LogP contribution in [0.15, 0.2) is 83.8 Å². The predicted molar refractivity (Wildman–Crippen MR) is 145 cm³/mol. The van der Waals surface area contributed by atoms with Crippen LogP contribution in [-0.4, -0.2) is 46.5 Å². The fourth-order valence-corrected chi connectivity index (χ4v) is 6.56. The molecule has 0 aliphatic carbocycles. The third-order valence-corrected chi connectivity index (χ3v) is 9.47. The zero-order chi connectivity index (χ0) is 29.5. The van der Waals surface area contributed by atoms with Gasteiger partial charge in [-0.1, -0.05) is 60.2 Å². The number of aryl methyl sites for hydroxylation is 1. The number of benzene rings is 3. The number of esters is 1. The molecule has 3 aromatic carbocycles. The molecule has 0 amide bonds. The van der Waals surface area contributed by atoms with Crippen molar-refractivity contribution >= 4 is 29.3 Å². The maximum Gasteiger partial charge on any atom is 0.372 e. The molecule has 0 aliphatic heterocycles. The van der Waals surface area contributed by atoms with Gasteiger partial charge < -0.3 is 18.5 Å². The van der Waals surface area contributed by atoms with Gasteiger partial charge in [-0.15, -0.1) is 0 Å². The van der Waals surface area contributed by atoms with Crippen LogP contribution in [0.5, 0.6) is 0 Å². The zero-order valence-electron chi connectivity index (χ0n) is 22.1.